The summed E-state index contributed by atoms with van der Waals surface area (Å²) in [5.74, 6) is -0.217. The highest BCUT2D eigenvalue weighted by Gasteiger charge is 2.03. The fourth-order valence-electron chi connectivity index (χ4n) is 1.74. The summed E-state index contributed by atoms with van der Waals surface area (Å²) in [5.41, 5.74) is 0. The molecule has 0 radical (unpaired) electrons. The van der Waals surface area contributed by atoms with Gasteiger partial charge in [-0.25, -0.2) is 5.01 Å². The molecule has 0 aliphatic carbocycles. The zero-order valence-corrected chi connectivity index (χ0v) is 12.8. The van der Waals surface area contributed by atoms with E-state index < -0.39 is 0 Å². The molecule has 0 spiro atoms. The highest BCUT2D eigenvalue weighted by Crippen LogP contribution is 2.04. The Bertz CT molecular complexity index is 311. The molecular formula is C15H27N3O2. The lowest BCUT2D eigenvalue weighted by molar-refractivity contribution is -0.143. The molecule has 114 valence electrons. The maximum atomic E-state index is 11.1. The molecule has 0 saturated carbocycles. The first-order valence-electron chi connectivity index (χ1n) is 7.59. The standard InChI is InChI=1S/C15H27N3O2/c1-3-5-6-7-8-9-12-17-18(14-16)13-10-11-15(19)20-4-2/h12H,3-11,13H2,1-2H3/b17-12+. The summed E-state index contributed by atoms with van der Waals surface area (Å²) in [5, 5.41) is 14.3. The first-order valence-corrected chi connectivity index (χ1v) is 7.59. The minimum absolute atomic E-state index is 0.217. The zero-order chi connectivity index (χ0) is 15.1. The number of nitrogens with zero attached hydrogens (tertiary/aromatic N) is 3. The molecule has 0 amide bonds. The average Bonchev–Trinajstić information content (AvgIpc) is 2.44. The summed E-state index contributed by atoms with van der Waals surface area (Å²) in [4.78, 5) is 11.1. The van der Waals surface area contributed by atoms with E-state index in [1.807, 2.05) is 6.19 Å². The van der Waals surface area contributed by atoms with E-state index in [9.17, 15) is 4.79 Å². The van der Waals surface area contributed by atoms with Crippen molar-refractivity contribution >= 4 is 12.2 Å². The molecule has 0 atom stereocenters. The van der Waals surface area contributed by atoms with Gasteiger partial charge in [-0.1, -0.05) is 32.6 Å². The number of carbonyl (C=O) groups is 1. The minimum atomic E-state index is -0.217. The Balaban J connectivity index is 3.65. The summed E-state index contributed by atoms with van der Waals surface area (Å²) in [6.45, 7) is 4.84. The van der Waals surface area contributed by atoms with Gasteiger partial charge in [0.1, 0.15) is 0 Å². The number of esters is 1. The lowest BCUT2D eigenvalue weighted by atomic mass is 10.1. The van der Waals surface area contributed by atoms with Crippen LogP contribution in [0.25, 0.3) is 0 Å². The van der Waals surface area contributed by atoms with Crippen molar-refractivity contribution in [3.63, 3.8) is 0 Å². The van der Waals surface area contributed by atoms with Gasteiger partial charge in [-0.2, -0.15) is 10.4 Å². The van der Waals surface area contributed by atoms with Crippen LogP contribution in [0.4, 0.5) is 0 Å². The van der Waals surface area contributed by atoms with Crippen molar-refractivity contribution in [2.24, 2.45) is 5.10 Å². The third-order valence-corrected chi connectivity index (χ3v) is 2.83. The molecule has 0 aromatic heterocycles. The monoisotopic (exact) mass is 281 g/mol. The molecule has 5 heteroatoms. The Labute approximate surface area is 122 Å². The summed E-state index contributed by atoms with van der Waals surface area (Å²) >= 11 is 0. The molecule has 5 nitrogen and oxygen atoms in total. The predicted octanol–water partition coefficient (Wildman–Crippen LogP) is 3.46. The van der Waals surface area contributed by atoms with Gasteiger partial charge in [0.2, 0.25) is 6.19 Å². The van der Waals surface area contributed by atoms with E-state index in [4.69, 9.17) is 10.00 Å². The average molecular weight is 281 g/mol. The smallest absolute Gasteiger partial charge is 0.305 e. The van der Waals surface area contributed by atoms with E-state index in [-0.39, 0.29) is 5.97 Å². The third-order valence-electron chi connectivity index (χ3n) is 2.83. The van der Waals surface area contributed by atoms with E-state index in [1.165, 1.54) is 30.7 Å². The second-order valence-corrected chi connectivity index (χ2v) is 4.63. The number of hydrogen-bond acceptors (Lipinski definition) is 5. The topological polar surface area (TPSA) is 65.7 Å². The van der Waals surface area contributed by atoms with Crippen LogP contribution < -0.4 is 0 Å². The van der Waals surface area contributed by atoms with Gasteiger partial charge in [-0.15, -0.1) is 0 Å². The molecule has 0 aromatic carbocycles. The molecule has 0 rings (SSSR count). The maximum Gasteiger partial charge on any atom is 0.305 e. The lowest BCUT2D eigenvalue weighted by Gasteiger charge is -2.08. The Morgan fingerprint density at radius 1 is 1.25 bits per heavy atom. The van der Waals surface area contributed by atoms with Crippen molar-refractivity contribution in [3.05, 3.63) is 0 Å². The molecular weight excluding hydrogens is 254 g/mol. The van der Waals surface area contributed by atoms with Crippen LogP contribution in [0.1, 0.15) is 65.2 Å². The van der Waals surface area contributed by atoms with Gasteiger partial charge in [-0.05, 0) is 26.2 Å². The first kappa shape index (κ1) is 18.4. The highest BCUT2D eigenvalue weighted by molar-refractivity contribution is 5.69. The number of hydrogen-bond donors (Lipinski definition) is 0. The highest BCUT2D eigenvalue weighted by atomic mass is 16.5. The number of nitriles is 1. The van der Waals surface area contributed by atoms with E-state index in [0.717, 1.165) is 12.8 Å². The van der Waals surface area contributed by atoms with Crippen molar-refractivity contribution in [2.45, 2.75) is 65.2 Å². The summed E-state index contributed by atoms with van der Waals surface area (Å²) in [7, 11) is 0. The Hall–Kier alpha value is -1.57. The van der Waals surface area contributed by atoms with E-state index in [2.05, 4.69) is 12.0 Å². The number of ether oxygens (including phenoxy) is 1. The van der Waals surface area contributed by atoms with Crippen molar-refractivity contribution in [1.29, 1.82) is 5.26 Å². The molecule has 0 saturated heterocycles. The summed E-state index contributed by atoms with van der Waals surface area (Å²) in [6.07, 6.45) is 11.7. The zero-order valence-electron chi connectivity index (χ0n) is 12.8. The second kappa shape index (κ2) is 13.9. The van der Waals surface area contributed by atoms with Crippen molar-refractivity contribution in [2.75, 3.05) is 13.2 Å². The molecule has 0 aromatic rings. The predicted molar refractivity (Wildman–Crippen MR) is 80.1 cm³/mol. The summed E-state index contributed by atoms with van der Waals surface area (Å²) in [6, 6.07) is 0. The van der Waals surface area contributed by atoms with Crippen LogP contribution in [0.5, 0.6) is 0 Å². The molecule has 20 heavy (non-hydrogen) atoms. The summed E-state index contributed by atoms with van der Waals surface area (Å²) < 4.78 is 4.82. The van der Waals surface area contributed by atoms with Gasteiger partial charge < -0.3 is 4.74 Å². The van der Waals surface area contributed by atoms with E-state index in [1.54, 1.807) is 13.1 Å². The molecule has 0 heterocycles. The third kappa shape index (κ3) is 11.5. The number of rotatable bonds is 12. The van der Waals surface area contributed by atoms with Crippen LogP contribution in [0, 0.1) is 11.5 Å². The van der Waals surface area contributed by atoms with Gasteiger partial charge in [0.25, 0.3) is 0 Å². The Kier molecular flexibility index (Phi) is 12.8. The van der Waals surface area contributed by atoms with Crippen LogP contribution in [0.3, 0.4) is 0 Å². The van der Waals surface area contributed by atoms with Gasteiger partial charge in [0.05, 0.1) is 13.2 Å². The molecule has 0 fully saturated rings. The quantitative estimate of drug-likeness (QED) is 0.137. The van der Waals surface area contributed by atoms with Crippen LogP contribution in [-0.2, 0) is 9.53 Å². The number of unbranched alkanes of at least 4 members (excludes halogenated alkanes) is 5. The van der Waals surface area contributed by atoms with Gasteiger partial charge in [-0.3, -0.25) is 4.79 Å². The van der Waals surface area contributed by atoms with Gasteiger partial charge in [0, 0.05) is 12.6 Å². The SMILES string of the molecule is CCCCCCC/C=N/N(C#N)CCCC(=O)OCC. The maximum absolute atomic E-state index is 11.1. The van der Waals surface area contributed by atoms with Crippen LogP contribution in [0.2, 0.25) is 0 Å². The number of carbonyl (C=O) groups excluding carboxylic acids is 1. The van der Waals surface area contributed by atoms with Crippen LogP contribution in [0.15, 0.2) is 5.10 Å². The van der Waals surface area contributed by atoms with Gasteiger partial charge in [0.15, 0.2) is 0 Å². The number of hydrazone groups is 1. The lowest BCUT2D eigenvalue weighted by Crippen LogP contribution is -2.14. The molecule has 0 aliphatic rings. The fraction of sp³-hybridized carbons (Fsp3) is 0.800. The van der Waals surface area contributed by atoms with Gasteiger partial charge >= 0.3 is 5.97 Å². The van der Waals surface area contributed by atoms with Crippen molar-refractivity contribution in [1.82, 2.24) is 5.01 Å². The molecule has 0 N–H and O–H groups in total. The van der Waals surface area contributed by atoms with Crippen molar-refractivity contribution < 1.29 is 9.53 Å². The molecule has 0 bridgehead atoms. The van der Waals surface area contributed by atoms with E-state index in [0.29, 0.717) is 26.0 Å². The minimum Gasteiger partial charge on any atom is -0.466 e. The largest absolute Gasteiger partial charge is 0.466 e. The fourth-order valence-corrected chi connectivity index (χ4v) is 1.74. The Morgan fingerprint density at radius 2 is 2.00 bits per heavy atom. The van der Waals surface area contributed by atoms with Crippen LogP contribution in [-0.4, -0.2) is 30.3 Å². The van der Waals surface area contributed by atoms with Crippen molar-refractivity contribution in [3.8, 4) is 6.19 Å². The normalized spacial score (nSPS) is 10.4. The van der Waals surface area contributed by atoms with Crippen LogP contribution >= 0.6 is 0 Å². The Morgan fingerprint density at radius 3 is 2.65 bits per heavy atom. The first-order chi connectivity index (χ1) is 9.74. The van der Waals surface area contributed by atoms with E-state index >= 15 is 0 Å². The molecule has 0 aliphatic heterocycles. The molecule has 0 unspecified atom stereocenters. The second-order valence-electron chi connectivity index (χ2n) is 4.63.